The van der Waals surface area contributed by atoms with Gasteiger partial charge in [0.2, 0.25) is 0 Å². The van der Waals surface area contributed by atoms with Crippen molar-refractivity contribution in [2.75, 3.05) is 0 Å². The predicted molar refractivity (Wildman–Crippen MR) is 125 cm³/mol. The Morgan fingerprint density at radius 2 is 1.52 bits per heavy atom. The Balaban J connectivity index is 2.82. The van der Waals surface area contributed by atoms with Gasteiger partial charge >= 0.3 is 5.97 Å². The third-order valence-corrected chi connectivity index (χ3v) is 5.95. The maximum atomic E-state index is 11.9. The van der Waals surface area contributed by atoms with Crippen LogP contribution in [0.5, 0.6) is 0 Å². The minimum atomic E-state index is -1.78. The molecule has 0 spiro atoms. The molecular weight excluding hydrogens is 372 g/mol. The molecule has 0 unspecified atom stereocenters. The van der Waals surface area contributed by atoms with E-state index >= 15 is 0 Å². The number of rotatable bonds is 4. The van der Waals surface area contributed by atoms with Crippen LogP contribution in [-0.4, -0.2) is 14.0 Å². The molecular formula is C26H30O2Si. The molecule has 2 nitrogen and oxygen atoms in total. The highest BCUT2D eigenvalue weighted by Gasteiger charge is 2.22. The zero-order valence-corrected chi connectivity index (χ0v) is 19.5. The first-order valence-corrected chi connectivity index (χ1v) is 13.4. The van der Waals surface area contributed by atoms with Gasteiger partial charge in [-0.25, -0.2) is 0 Å². The third kappa shape index (κ3) is 6.95. The van der Waals surface area contributed by atoms with Gasteiger partial charge < -0.3 is 4.74 Å². The van der Waals surface area contributed by atoms with Crippen LogP contribution in [0.15, 0.2) is 60.3 Å². The van der Waals surface area contributed by atoms with E-state index in [9.17, 15) is 4.79 Å². The molecule has 0 radical (unpaired) electrons. The Bertz CT molecular complexity index is 1000. The molecule has 3 heteroatoms. The Labute approximate surface area is 176 Å². The average molecular weight is 403 g/mol. The number of esters is 1. The van der Waals surface area contributed by atoms with E-state index in [0.717, 1.165) is 21.9 Å². The average Bonchev–Trinajstić information content (AvgIpc) is 2.62. The first kappa shape index (κ1) is 22.5. The second kappa shape index (κ2) is 9.14. The standard InChI is InChI=1S/C26H30O2Si/c1-20(27)28-24(19-25(29(5,6)7)22-14-9-8-10-15-22)23-16-12-11-13-21(23)17-18-26(2,3)4/h8-16H,1-7H3. The van der Waals surface area contributed by atoms with E-state index in [2.05, 4.69) is 70.1 Å². The summed E-state index contributed by atoms with van der Waals surface area (Å²) in [5.74, 6) is 6.59. The number of carbonyl (C=O) groups excluding carboxylic acids is 1. The van der Waals surface area contributed by atoms with Crippen molar-refractivity contribution in [2.45, 2.75) is 47.3 Å². The van der Waals surface area contributed by atoms with Crippen molar-refractivity contribution >= 4 is 25.0 Å². The smallest absolute Gasteiger partial charge is 0.308 e. The first-order chi connectivity index (χ1) is 13.5. The highest BCUT2D eigenvalue weighted by atomic mass is 28.3. The van der Waals surface area contributed by atoms with Crippen LogP contribution in [0.25, 0.3) is 11.0 Å². The third-order valence-electron chi connectivity index (χ3n) is 4.04. The van der Waals surface area contributed by atoms with E-state index < -0.39 is 8.07 Å². The van der Waals surface area contributed by atoms with Crippen molar-refractivity contribution in [2.24, 2.45) is 5.41 Å². The van der Waals surface area contributed by atoms with Gasteiger partial charge in [0.25, 0.3) is 0 Å². The molecule has 2 rings (SSSR count). The molecule has 2 aromatic rings. The van der Waals surface area contributed by atoms with Crippen LogP contribution >= 0.6 is 0 Å². The molecule has 0 saturated heterocycles. The fraction of sp³-hybridized carbons (Fsp3) is 0.308. The van der Waals surface area contributed by atoms with Gasteiger partial charge in [0.05, 0.1) is 8.07 Å². The van der Waals surface area contributed by atoms with E-state index in [1.807, 2.05) is 42.5 Å². The van der Waals surface area contributed by atoms with Crippen molar-refractivity contribution in [1.29, 1.82) is 0 Å². The molecule has 29 heavy (non-hydrogen) atoms. The Morgan fingerprint density at radius 1 is 0.931 bits per heavy atom. The molecule has 0 N–H and O–H groups in total. The normalized spacial score (nSPS) is 11.0. The van der Waals surface area contributed by atoms with Crippen molar-refractivity contribution < 1.29 is 9.53 Å². The van der Waals surface area contributed by atoms with Crippen molar-refractivity contribution in [1.82, 2.24) is 0 Å². The summed E-state index contributed by atoms with van der Waals surface area (Å²) in [7, 11) is -1.78. The summed E-state index contributed by atoms with van der Waals surface area (Å²) < 4.78 is 5.66. The van der Waals surface area contributed by atoms with Gasteiger partial charge in [0.15, 0.2) is 5.76 Å². The molecule has 0 heterocycles. The summed E-state index contributed by atoms with van der Waals surface area (Å²) in [6.07, 6.45) is 0. The second-order valence-corrected chi connectivity index (χ2v) is 14.1. The van der Waals surface area contributed by atoms with Crippen LogP contribution < -0.4 is 0 Å². The van der Waals surface area contributed by atoms with Crippen molar-refractivity contribution in [3.63, 3.8) is 0 Å². The number of ether oxygens (including phenoxy) is 1. The minimum Gasteiger partial charge on any atom is -0.417 e. The maximum absolute atomic E-state index is 11.9. The van der Waals surface area contributed by atoms with Gasteiger partial charge in [-0.1, -0.05) is 79.7 Å². The summed E-state index contributed by atoms with van der Waals surface area (Å²) in [5, 5.41) is 1.10. The van der Waals surface area contributed by atoms with E-state index in [1.165, 1.54) is 6.92 Å². The maximum Gasteiger partial charge on any atom is 0.308 e. The molecule has 0 aliphatic carbocycles. The Morgan fingerprint density at radius 3 is 2.07 bits per heavy atom. The Hall–Kier alpha value is -2.79. The zero-order chi connectivity index (χ0) is 21.7. The summed E-state index contributed by atoms with van der Waals surface area (Å²) in [5.41, 5.74) is 6.07. The zero-order valence-electron chi connectivity index (χ0n) is 18.5. The fourth-order valence-electron chi connectivity index (χ4n) is 2.75. The summed E-state index contributed by atoms with van der Waals surface area (Å²) in [4.78, 5) is 11.9. The molecule has 0 amide bonds. The lowest BCUT2D eigenvalue weighted by atomic mass is 9.96. The van der Waals surface area contributed by atoms with Gasteiger partial charge in [-0.2, -0.15) is 0 Å². The number of hydrogen-bond acceptors (Lipinski definition) is 2. The molecule has 0 aromatic heterocycles. The molecule has 0 saturated carbocycles. The largest absolute Gasteiger partial charge is 0.417 e. The van der Waals surface area contributed by atoms with Gasteiger partial charge in [-0.15, -0.1) is 0 Å². The number of benzene rings is 2. The quantitative estimate of drug-likeness (QED) is 0.191. The SMILES string of the molecule is CC(=O)OC(=C=C(c1ccccc1)[Si](C)(C)C)c1ccccc1C#CC(C)(C)C. The molecule has 150 valence electrons. The highest BCUT2D eigenvalue weighted by Crippen LogP contribution is 2.28. The van der Waals surface area contributed by atoms with E-state index in [1.54, 1.807) is 0 Å². The predicted octanol–water partition coefficient (Wildman–Crippen LogP) is 6.55. The lowest BCUT2D eigenvalue weighted by molar-refractivity contribution is -0.134. The van der Waals surface area contributed by atoms with Gasteiger partial charge in [0, 0.05) is 23.5 Å². The molecule has 0 aliphatic rings. The van der Waals surface area contributed by atoms with E-state index in [-0.39, 0.29) is 11.4 Å². The van der Waals surface area contributed by atoms with Gasteiger partial charge in [-0.05, 0) is 43.7 Å². The lowest BCUT2D eigenvalue weighted by Gasteiger charge is -2.20. The van der Waals surface area contributed by atoms with Crippen LogP contribution in [0, 0.1) is 17.3 Å². The van der Waals surface area contributed by atoms with E-state index in [4.69, 9.17) is 4.74 Å². The molecule has 0 aliphatic heterocycles. The fourth-order valence-corrected chi connectivity index (χ4v) is 4.27. The molecule has 0 atom stereocenters. The van der Waals surface area contributed by atoms with Crippen LogP contribution in [-0.2, 0) is 9.53 Å². The van der Waals surface area contributed by atoms with Crippen LogP contribution in [0.2, 0.25) is 19.6 Å². The molecule has 0 bridgehead atoms. The topological polar surface area (TPSA) is 26.3 Å². The summed E-state index contributed by atoms with van der Waals surface area (Å²) >= 11 is 0. The molecule has 0 fully saturated rings. The van der Waals surface area contributed by atoms with Crippen molar-refractivity contribution in [3.8, 4) is 11.8 Å². The Kier molecular flexibility index (Phi) is 7.09. The highest BCUT2D eigenvalue weighted by molar-refractivity contribution is 6.93. The van der Waals surface area contributed by atoms with Crippen molar-refractivity contribution in [3.05, 3.63) is 77.0 Å². The summed E-state index contributed by atoms with van der Waals surface area (Å²) in [6, 6.07) is 18.0. The van der Waals surface area contributed by atoms with Crippen LogP contribution in [0.4, 0.5) is 0 Å². The van der Waals surface area contributed by atoms with E-state index in [0.29, 0.717) is 5.76 Å². The minimum absolute atomic E-state index is 0.123. The van der Waals surface area contributed by atoms with Gasteiger partial charge in [0.1, 0.15) is 0 Å². The summed E-state index contributed by atoms with van der Waals surface area (Å²) in [6.45, 7) is 14.4. The second-order valence-electron chi connectivity index (χ2n) is 9.08. The van der Waals surface area contributed by atoms with Crippen LogP contribution in [0.3, 0.4) is 0 Å². The number of hydrogen-bond donors (Lipinski definition) is 0. The monoisotopic (exact) mass is 402 g/mol. The molecule has 2 aromatic carbocycles. The van der Waals surface area contributed by atoms with Crippen LogP contribution in [0.1, 0.15) is 44.4 Å². The lowest BCUT2D eigenvalue weighted by Crippen LogP contribution is -2.22. The van der Waals surface area contributed by atoms with Gasteiger partial charge in [-0.3, -0.25) is 4.79 Å². The first-order valence-electron chi connectivity index (χ1n) is 9.85. The number of carbonyl (C=O) groups is 1.